The second kappa shape index (κ2) is 5.22. The fraction of sp³-hybridized carbons (Fsp3) is 0.250. The van der Waals surface area contributed by atoms with E-state index in [0.29, 0.717) is 5.56 Å². The summed E-state index contributed by atoms with van der Waals surface area (Å²) in [4.78, 5) is 0. The predicted octanol–water partition coefficient (Wildman–Crippen LogP) is 3.60. The number of aryl methyl sites for hydroxylation is 2. The molecule has 2 aromatic carbocycles. The van der Waals surface area contributed by atoms with Gasteiger partial charge in [0.2, 0.25) is 0 Å². The lowest BCUT2D eigenvalue weighted by Crippen LogP contribution is -1.92. The number of phenols is 3. The van der Waals surface area contributed by atoms with Crippen molar-refractivity contribution in [3.05, 3.63) is 41.5 Å². The first-order chi connectivity index (χ1) is 9.06. The van der Waals surface area contributed by atoms with Crippen LogP contribution in [0.3, 0.4) is 0 Å². The molecule has 0 saturated heterocycles. The minimum Gasteiger partial charge on any atom is -0.507 e. The van der Waals surface area contributed by atoms with Crippen molar-refractivity contribution in [2.24, 2.45) is 0 Å². The van der Waals surface area contributed by atoms with Crippen LogP contribution in [-0.4, -0.2) is 15.3 Å². The molecule has 0 saturated carbocycles. The Bertz CT molecular complexity index is 603. The topological polar surface area (TPSA) is 60.7 Å². The fourth-order valence-electron chi connectivity index (χ4n) is 2.26. The van der Waals surface area contributed by atoms with Crippen molar-refractivity contribution >= 4 is 0 Å². The van der Waals surface area contributed by atoms with Gasteiger partial charge >= 0.3 is 0 Å². The highest BCUT2D eigenvalue weighted by atomic mass is 16.3. The maximum Gasteiger partial charge on any atom is 0.161 e. The van der Waals surface area contributed by atoms with Crippen molar-refractivity contribution in [1.82, 2.24) is 0 Å². The van der Waals surface area contributed by atoms with Gasteiger partial charge in [0.15, 0.2) is 11.5 Å². The quantitative estimate of drug-likeness (QED) is 0.582. The van der Waals surface area contributed by atoms with E-state index in [2.05, 4.69) is 13.8 Å². The molecule has 3 nitrogen and oxygen atoms in total. The lowest BCUT2D eigenvalue weighted by molar-refractivity contribution is 0.397. The summed E-state index contributed by atoms with van der Waals surface area (Å²) < 4.78 is 0. The summed E-state index contributed by atoms with van der Waals surface area (Å²) in [6.07, 6.45) is 1.89. The van der Waals surface area contributed by atoms with Gasteiger partial charge in [0.05, 0.1) is 0 Å². The van der Waals surface area contributed by atoms with Crippen molar-refractivity contribution in [2.45, 2.75) is 26.7 Å². The molecule has 0 bridgehead atoms. The fourth-order valence-corrected chi connectivity index (χ4v) is 2.26. The second-order valence-corrected chi connectivity index (χ2v) is 4.55. The van der Waals surface area contributed by atoms with Crippen LogP contribution in [0.5, 0.6) is 17.2 Å². The molecule has 19 heavy (non-hydrogen) atoms. The third kappa shape index (κ3) is 2.50. The van der Waals surface area contributed by atoms with Crippen molar-refractivity contribution < 1.29 is 15.3 Å². The van der Waals surface area contributed by atoms with E-state index in [1.165, 1.54) is 17.2 Å². The third-order valence-electron chi connectivity index (χ3n) is 3.37. The van der Waals surface area contributed by atoms with E-state index in [0.717, 1.165) is 24.5 Å². The summed E-state index contributed by atoms with van der Waals surface area (Å²) in [6, 6.07) is 8.51. The summed E-state index contributed by atoms with van der Waals surface area (Å²) in [5.74, 6) is -0.589. The lowest BCUT2D eigenvalue weighted by Gasteiger charge is -2.11. The highest BCUT2D eigenvalue weighted by Gasteiger charge is 2.11. The van der Waals surface area contributed by atoms with Crippen LogP contribution in [-0.2, 0) is 12.8 Å². The summed E-state index contributed by atoms with van der Waals surface area (Å²) in [5, 5.41) is 28.8. The summed E-state index contributed by atoms with van der Waals surface area (Å²) in [6.45, 7) is 4.20. The van der Waals surface area contributed by atoms with Gasteiger partial charge in [-0.3, -0.25) is 0 Å². The molecule has 2 aromatic rings. The lowest BCUT2D eigenvalue weighted by atomic mass is 9.96. The highest BCUT2D eigenvalue weighted by molar-refractivity contribution is 5.74. The maximum atomic E-state index is 9.89. The van der Waals surface area contributed by atoms with Gasteiger partial charge in [0.25, 0.3) is 0 Å². The molecule has 100 valence electrons. The summed E-state index contributed by atoms with van der Waals surface area (Å²) >= 11 is 0. The first kappa shape index (κ1) is 13.3. The molecule has 0 aliphatic heterocycles. The van der Waals surface area contributed by atoms with E-state index < -0.39 is 0 Å². The molecule has 0 unspecified atom stereocenters. The zero-order chi connectivity index (χ0) is 14.0. The Morgan fingerprint density at radius 1 is 0.737 bits per heavy atom. The predicted molar refractivity (Wildman–Crippen MR) is 75.6 cm³/mol. The van der Waals surface area contributed by atoms with Crippen LogP contribution in [0.2, 0.25) is 0 Å². The van der Waals surface area contributed by atoms with Crippen LogP contribution in [0.4, 0.5) is 0 Å². The first-order valence-corrected chi connectivity index (χ1v) is 6.43. The molecular formula is C16H18O3. The standard InChI is InChI=1S/C16H18O3/c1-3-10-5-6-12(7-11(10)4-2)13-8-15(18)16(19)9-14(13)17/h5-9,17-19H,3-4H2,1-2H3. The average Bonchev–Trinajstić information content (AvgIpc) is 2.42. The van der Waals surface area contributed by atoms with E-state index in [9.17, 15) is 15.3 Å². The molecule has 0 atom stereocenters. The minimum atomic E-state index is -0.317. The Balaban J connectivity index is 2.56. The third-order valence-corrected chi connectivity index (χ3v) is 3.37. The minimum absolute atomic E-state index is 0.0402. The molecule has 3 N–H and O–H groups in total. The van der Waals surface area contributed by atoms with Crippen LogP contribution in [0, 0.1) is 0 Å². The number of phenolic OH excluding ortho intramolecular Hbond substituents is 3. The van der Waals surface area contributed by atoms with Crippen molar-refractivity contribution in [2.75, 3.05) is 0 Å². The number of rotatable bonds is 3. The van der Waals surface area contributed by atoms with Crippen LogP contribution in [0.15, 0.2) is 30.3 Å². The molecule has 0 aliphatic rings. The molecule has 0 spiro atoms. The maximum absolute atomic E-state index is 9.89. The number of aromatic hydroxyl groups is 3. The van der Waals surface area contributed by atoms with Gasteiger partial charge in [-0.15, -0.1) is 0 Å². The SMILES string of the molecule is CCc1ccc(-c2cc(O)c(O)cc2O)cc1CC. The Morgan fingerprint density at radius 2 is 1.37 bits per heavy atom. The Labute approximate surface area is 112 Å². The number of hydrogen-bond acceptors (Lipinski definition) is 3. The Morgan fingerprint density at radius 3 is 2.00 bits per heavy atom. The molecule has 0 radical (unpaired) electrons. The average molecular weight is 258 g/mol. The van der Waals surface area contributed by atoms with Crippen LogP contribution >= 0.6 is 0 Å². The van der Waals surface area contributed by atoms with Crippen molar-refractivity contribution in [1.29, 1.82) is 0 Å². The summed E-state index contributed by atoms with van der Waals surface area (Å²) in [7, 11) is 0. The van der Waals surface area contributed by atoms with Gasteiger partial charge in [-0.05, 0) is 35.6 Å². The number of hydrogen-bond donors (Lipinski definition) is 3. The number of benzene rings is 2. The normalized spacial score (nSPS) is 10.6. The van der Waals surface area contributed by atoms with Gasteiger partial charge in [-0.2, -0.15) is 0 Å². The van der Waals surface area contributed by atoms with E-state index in [1.54, 1.807) is 0 Å². The van der Waals surface area contributed by atoms with Gasteiger partial charge in [-0.25, -0.2) is 0 Å². The second-order valence-electron chi connectivity index (χ2n) is 4.55. The molecule has 3 heteroatoms. The molecule has 0 aliphatic carbocycles. The molecule has 0 heterocycles. The zero-order valence-electron chi connectivity index (χ0n) is 11.1. The highest BCUT2D eigenvalue weighted by Crippen LogP contribution is 2.38. The molecule has 0 aromatic heterocycles. The molecule has 0 amide bonds. The van der Waals surface area contributed by atoms with E-state index >= 15 is 0 Å². The van der Waals surface area contributed by atoms with E-state index in [4.69, 9.17) is 0 Å². The Hall–Kier alpha value is -2.16. The largest absolute Gasteiger partial charge is 0.507 e. The van der Waals surface area contributed by atoms with Crippen LogP contribution < -0.4 is 0 Å². The molecule has 0 fully saturated rings. The first-order valence-electron chi connectivity index (χ1n) is 6.43. The van der Waals surface area contributed by atoms with Crippen LogP contribution in [0.1, 0.15) is 25.0 Å². The van der Waals surface area contributed by atoms with Gasteiger partial charge in [0, 0.05) is 11.6 Å². The van der Waals surface area contributed by atoms with Crippen LogP contribution in [0.25, 0.3) is 11.1 Å². The van der Waals surface area contributed by atoms with Gasteiger partial charge in [-0.1, -0.05) is 32.0 Å². The smallest absolute Gasteiger partial charge is 0.161 e. The molecule has 2 rings (SSSR count). The Kier molecular flexibility index (Phi) is 3.65. The van der Waals surface area contributed by atoms with Crippen molar-refractivity contribution in [3.63, 3.8) is 0 Å². The van der Waals surface area contributed by atoms with Crippen molar-refractivity contribution in [3.8, 4) is 28.4 Å². The van der Waals surface area contributed by atoms with Gasteiger partial charge in [0.1, 0.15) is 5.75 Å². The zero-order valence-corrected chi connectivity index (χ0v) is 11.1. The van der Waals surface area contributed by atoms with E-state index in [-0.39, 0.29) is 17.2 Å². The summed E-state index contributed by atoms with van der Waals surface area (Å²) in [5.41, 5.74) is 3.87. The monoisotopic (exact) mass is 258 g/mol. The molecular weight excluding hydrogens is 240 g/mol. The van der Waals surface area contributed by atoms with Gasteiger partial charge < -0.3 is 15.3 Å². The van der Waals surface area contributed by atoms with E-state index in [1.807, 2.05) is 18.2 Å².